The van der Waals surface area contributed by atoms with Crippen LogP contribution in [0.2, 0.25) is 0 Å². The molecule has 1 aromatic carbocycles. The molecule has 0 saturated carbocycles. The number of nitro groups is 1. The van der Waals surface area contributed by atoms with Crippen molar-refractivity contribution in [1.29, 1.82) is 0 Å². The van der Waals surface area contributed by atoms with Crippen molar-refractivity contribution < 1.29 is 4.92 Å². The molecule has 18 heavy (non-hydrogen) atoms. The second-order valence-corrected chi connectivity index (χ2v) is 4.00. The van der Waals surface area contributed by atoms with Crippen molar-refractivity contribution in [3.05, 3.63) is 51.8 Å². The monoisotopic (exact) mass is 246 g/mol. The molecule has 94 valence electrons. The average Bonchev–Trinajstić information content (AvgIpc) is 2.85. The molecule has 0 bridgehead atoms. The lowest BCUT2D eigenvalue weighted by molar-refractivity contribution is -0.384. The second kappa shape index (κ2) is 5.39. The van der Waals surface area contributed by atoms with Crippen LogP contribution in [0, 0.1) is 10.1 Å². The summed E-state index contributed by atoms with van der Waals surface area (Å²) in [5, 5.41) is 18.5. The maximum absolute atomic E-state index is 10.5. The Balaban J connectivity index is 1.95. The fraction of sp³-hybridized carbons (Fsp3) is 0.333. The standard InChI is InChI=1S/C12H14N4O2/c1-2-11-9-15(14-13-11)8-7-10-3-5-12(6-4-10)16(17)18/h3-6,9H,2,7-8H2,1H3. The molecular formula is C12H14N4O2. The van der Waals surface area contributed by atoms with Crippen LogP contribution in [0.3, 0.4) is 0 Å². The fourth-order valence-corrected chi connectivity index (χ4v) is 1.64. The minimum atomic E-state index is -0.394. The molecule has 0 radical (unpaired) electrons. The maximum Gasteiger partial charge on any atom is 0.269 e. The van der Waals surface area contributed by atoms with Crippen LogP contribution >= 0.6 is 0 Å². The molecule has 0 aliphatic heterocycles. The van der Waals surface area contributed by atoms with Crippen molar-refractivity contribution in [2.45, 2.75) is 26.3 Å². The summed E-state index contributed by atoms with van der Waals surface area (Å²) < 4.78 is 1.79. The topological polar surface area (TPSA) is 73.8 Å². The Kier molecular flexibility index (Phi) is 3.66. The molecule has 0 aliphatic rings. The van der Waals surface area contributed by atoms with Crippen molar-refractivity contribution in [2.24, 2.45) is 0 Å². The highest BCUT2D eigenvalue weighted by molar-refractivity contribution is 5.32. The Morgan fingerprint density at radius 2 is 2.06 bits per heavy atom. The lowest BCUT2D eigenvalue weighted by atomic mass is 10.1. The van der Waals surface area contributed by atoms with E-state index in [-0.39, 0.29) is 5.69 Å². The van der Waals surface area contributed by atoms with E-state index in [4.69, 9.17) is 0 Å². The van der Waals surface area contributed by atoms with Crippen LogP contribution in [0.15, 0.2) is 30.5 Å². The van der Waals surface area contributed by atoms with Gasteiger partial charge in [0.2, 0.25) is 0 Å². The highest BCUT2D eigenvalue weighted by Crippen LogP contribution is 2.12. The summed E-state index contributed by atoms with van der Waals surface area (Å²) in [7, 11) is 0. The average molecular weight is 246 g/mol. The maximum atomic E-state index is 10.5. The van der Waals surface area contributed by atoms with Gasteiger partial charge in [-0.1, -0.05) is 24.3 Å². The van der Waals surface area contributed by atoms with Crippen molar-refractivity contribution in [2.75, 3.05) is 0 Å². The fourth-order valence-electron chi connectivity index (χ4n) is 1.64. The lowest BCUT2D eigenvalue weighted by Crippen LogP contribution is -2.02. The molecule has 0 spiro atoms. The van der Waals surface area contributed by atoms with E-state index in [1.165, 1.54) is 12.1 Å². The van der Waals surface area contributed by atoms with Gasteiger partial charge in [0.05, 0.1) is 10.6 Å². The number of benzene rings is 1. The SMILES string of the molecule is CCc1cn(CCc2ccc([N+](=O)[O-])cc2)nn1. The van der Waals surface area contributed by atoms with Gasteiger partial charge in [0, 0.05) is 24.9 Å². The highest BCUT2D eigenvalue weighted by Gasteiger charge is 2.04. The minimum absolute atomic E-state index is 0.118. The van der Waals surface area contributed by atoms with Crippen LogP contribution in [0.25, 0.3) is 0 Å². The number of aryl methyl sites for hydroxylation is 3. The smallest absolute Gasteiger partial charge is 0.258 e. The summed E-state index contributed by atoms with van der Waals surface area (Å²) in [5.74, 6) is 0. The summed E-state index contributed by atoms with van der Waals surface area (Å²) in [5.41, 5.74) is 2.14. The van der Waals surface area contributed by atoms with E-state index in [1.54, 1.807) is 16.8 Å². The Labute approximate surface area is 104 Å². The zero-order chi connectivity index (χ0) is 13.0. The minimum Gasteiger partial charge on any atom is -0.258 e. The summed E-state index contributed by atoms with van der Waals surface area (Å²) >= 11 is 0. The van der Waals surface area contributed by atoms with Gasteiger partial charge in [-0.3, -0.25) is 14.8 Å². The summed E-state index contributed by atoms with van der Waals surface area (Å²) in [6, 6.07) is 6.59. The molecule has 1 aromatic heterocycles. The Morgan fingerprint density at radius 3 is 2.61 bits per heavy atom. The zero-order valence-electron chi connectivity index (χ0n) is 10.1. The van der Waals surface area contributed by atoms with Gasteiger partial charge < -0.3 is 0 Å². The first-order chi connectivity index (χ1) is 8.69. The Bertz CT molecular complexity index is 533. The van der Waals surface area contributed by atoms with Crippen LogP contribution in [-0.2, 0) is 19.4 Å². The van der Waals surface area contributed by atoms with Gasteiger partial charge in [-0.05, 0) is 18.4 Å². The molecule has 0 saturated heterocycles. The second-order valence-electron chi connectivity index (χ2n) is 4.00. The van der Waals surface area contributed by atoms with Crippen LogP contribution in [0.1, 0.15) is 18.2 Å². The summed E-state index contributed by atoms with van der Waals surface area (Å²) in [6.07, 6.45) is 3.58. The normalized spacial score (nSPS) is 10.5. The van der Waals surface area contributed by atoms with E-state index < -0.39 is 4.92 Å². The quantitative estimate of drug-likeness (QED) is 0.597. The van der Waals surface area contributed by atoms with Gasteiger partial charge in [-0.2, -0.15) is 0 Å². The van der Waals surface area contributed by atoms with Crippen LogP contribution in [0.5, 0.6) is 0 Å². The third kappa shape index (κ3) is 2.91. The van der Waals surface area contributed by atoms with Gasteiger partial charge in [-0.15, -0.1) is 5.10 Å². The molecule has 1 heterocycles. The van der Waals surface area contributed by atoms with Gasteiger partial charge in [0.25, 0.3) is 5.69 Å². The third-order valence-electron chi connectivity index (χ3n) is 2.73. The number of non-ortho nitro benzene ring substituents is 1. The zero-order valence-corrected chi connectivity index (χ0v) is 10.1. The first-order valence-electron chi connectivity index (χ1n) is 5.81. The molecular weight excluding hydrogens is 232 g/mol. The number of nitrogens with zero attached hydrogens (tertiary/aromatic N) is 4. The van der Waals surface area contributed by atoms with Gasteiger partial charge >= 0.3 is 0 Å². The van der Waals surface area contributed by atoms with E-state index in [0.717, 1.165) is 30.6 Å². The molecule has 0 aliphatic carbocycles. The van der Waals surface area contributed by atoms with Gasteiger partial charge in [-0.25, -0.2) is 0 Å². The molecule has 0 atom stereocenters. The first kappa shape index (κ1) is 12.2. The van der Waals surface area contributed by atoms with Gasteiger partial charge in [0.1, 0.15) is 0 Å². The highest BCUT2D eigenvalue weighted by atomic mass is 16.6. The Morgan fingerprint density at radius 1 is 1.33 bits per heavy atom. The van der Waals surface area contributed by atoms with Crippen LogP contribution < -0.4 is 0 Å². The van der Waals surface area contributed by atoms with E-state index in [0.29, 0.717) is 0 Å². The molecule has 0 N–H and O–H groups in total. The van der Waals surface area contributed by atoms with E-state index in [9.17, 15) is 10.1 Å². The van der Waals surface area contributed by atoms with Crippen LogP contribution in [0.4, 0.5) is 5.69 Å². The molecule has 6 heteroatoms. The van der Waals surface area contributed by atoms with E-state index in [1.807, 2.05) is 13.1 Å². The van der Waals surface area contributed by atoms with E-state index in [2.05, 4.69) is 10.3 Å². The molecule has 0 amide bonds. The van der Waals surface area contributed by atoms with Crippen molar-refractivity contribution >= 4 is 5.69 Å². The Hall–Kier alpha value is -2.24. The summed E-state index contributed by atoms with van der Waals surface area (Å²) in [4.78, 5) is 10.1. The van der Waals surface area contributed by atoms with Crippen LogP contribution in [-0.4, -0.2) is 19.9 Å². The number of hydrogen-bond acceptors (Lipinski definition) is 4. The van der Waals surface area contributed by atoms with Crippen molar-refractivity contribution in [1.82, 2.24) is 15.0 Å². The number of rotatable bonds is 5. The lowest BCUT2D eigenvalue weighted by Gasteiger charge is -2.01. The van der Waals surface area contributed by atoms with E-state index >= 15 is 0 Å². The first-order valence-corrected chi connectivity index (χ1v) is 5.81. The third-order valence-corrected chi connectivity index (χ3v) is 2.73. The largest absolute Gasteiger partial charge is 0.269 e. The molecule has 0 unspecified atom stereocenters. The molecule has 6 nitrogen and oxygen atoms in total. The molecule has 2 rings (SSSR count). The number of nitro benzene ring substituents is 1. The van der Waals surface area contributed by atoms with Gasteiger partial charge in [0.15, 0.2) is 0 Å². The summed E-state index contributed by atoms with van der Waals surface area (Å²) in [6.45, 7) is 2.76. The number of aromatic nitrogens is 3. The number of hydrogen-bond donors (Lipinski definition) is 0. The van der Waals surface area contributed by atoms with Crippen molar-refractivity contribution in [3.63, 3.8) is 0 Å². The predicted octanol–water partition coefficient (Wildman–Crippen LogP) is 1.99. The van der Waals surface area contributed by atoms with Crippen molar-refractivity contribution in [3.8, 4) is 0 Å². The molecule has 2 aromatic rings. The predicted molar refractivity (Wildman–Crippen MR) is 66.2 cm³/mol. The molecule has 0 fully saturated rings.